The monoisotopic (exact) mass is 748 g/mol. The number of alkyl halides is 2. The number of likely N-dealkylation sites (N-methyl/N-ethyl adjacent to an activating group) is 1. The van der Waals surface area contributed by atoms with Gasteiger partial charge in [-0.2, -0.15) is 0 Å². The van der Waals surface area contributed by atoms with E-state index in [4.69, 9.17) is 4.74 Å². The van der Waals surface area contributed by atoms with E-state index in [1.165, 1.54) is 23.9 Å². The molecule has 4 N–H and O–H groups in total. The van der Waals surface area contributed by atoms with Crippen LogP contribution < -0.4 is 21.3 Å². The highest BCUT2D eigenvalue weighted by Gasteiger charge is 2.70. The first-order chi connectivity index (χ1) is 24.2. The molecule has 0 bridgehead atoms. The molecule has 3 rings (SSSR count). The summed E-state index contributed by atoms with van der Waals surface area (Å²) in [5.74, 6) is -9.70. The van der Waals surface area contributed by atoms with Gasteiger partial charge in [-0.1, -0.05) is 65.0 Å². The van der Waals surface area contributed by atoms with Crippen LogP contribution in [0.15, 0.2) is 30.3 Å². The zero-order valence-corrected chi connectivity index (χ0v) is 32.4. The van der Waals surface area contributed by atoms with Gasteiger partial charge in [-0.25, -0.2) is 13.6 Å². The van der Waals surface area contributed by atoms with Crippen molar-refractivity contribution in [3.05, 3.63) is 35.9 Å². The molecule has 16 heteroatoms. The fraction of sp³-hybridized carbons (Fsp3) is 0.649. The highest BCUT2D eigenvalue weighted by molar-refractivity contribution is 6.38. The topological polar surface area (TPSA) is 183 Å². The molecule has 1 heterocycles. The Morgan fingerprint density at radius 3 is 2.02 bits per heavy atom. The average Bonchev–Trinajstić information content (AvgIpc) is 3.33. The molecule has 0 aromatic heterocycles. The SMILES string of the molecule is CN(C)C(=O)C(NC(=O)CNC(=O)C(=O)C(CC(C)(F)F)NC(=O)[C@@H]1[C@@H]2[C@H](CN1C(=O)[C@@H](NC(=O)OC(C)(C)C)C(C)(C)C)C2(C)C)c1ccccc1. The summed E-state index contributed by atoms with van der Waals surface area (Å²) < 4.78 is 34.2. The van der Waals surface area contributed by atoms with Crippen molar-refractivity contribution < 1.29 is 47.1 Å². The average molecular weight is 749 g/mol. The molecule has 1 aliphatic heterocycles. The van der Waals surface area contributed by atoms with Gasteiger partial charge in [0.25, 0.3) is 5.91 Å². The molecule has 2 aliphatic rings. The normalized spacial score (nSPS) is 20.8. The first-order valence-electron chi connectivity index (χ1n) is 17.5. The van der Waals surface area contributed by atoms with Crippen molar-refractivity contribution in [1.82, 2.24) is 31.1 Å². The van der Waals surface area contributed by atoms with Gasteiger partial charge in [-0.05, 0) is 55.9 Å². The summed E-state index contributed by atoms with van der Waals surface area (Å²) in [6.45, 7) is 13.9. The lowest BCUT2D eigenvalue weighted by atomic mass is 9.85. The second-order valence-electron chi connectivity index (χ2n) is 16.9. The lowest BCUT2D eigenvalue weighted by Gasteiger charge is -2.38. The van der Waals surface area contributed by atoms with E-state index in [1.54, 1.807) is 71.9 Å². The highest BCUT2D eigenvalue weighted by atomic mass is 19.3. The van der Waals surface area contributed by atoms with Crippen LogP contribution in [0.3, 0.4) is 0 Å². The van der Waals surface area contributed by atoms with Gasteiger partial charge in [0, 0.05) is 27.1 Å². The molecule has 6 amide bonds. The van der Waals surface area contributed by atoms with Gasteiger partial charge in [0.2, 0.25) is 35.3 Å². The van der Waals surface area contributed by atoms with Crippen LogP contribution in [0, 0.1) is 22.7 Å². The largest absolute Gasteiger partial charge is 0.444 e. The number of nitrogens with zero attached hydrogens (tertiary/aromatic N) is 2. The predicted octanol–water partition coefficient (Wildman–Crippen LogP) is 2.57. The minimum Gasteiger partial charge on any atom is -0.444 e. The first kappa shape index (κ1) is 42.8. The van der Waals surface area contributed by atoms with Crippen molar-refractivity contribution in [2.24, 2.45) is 22.7 Å². The summed E-state index contributed by atoms with van der Waals surface area (Å²) in [4.78, 5) is 95.3. The van der Waals surface area contributed by atoms with Crippen LogP contribution >= 0.6 is 0 Å². The molecule has 0 radical (unpaired) electrons. The number of carbonyl (C=O) groups excluding carboxylic acids is 7. The minimum absolute atomic E-state index is 0.132. The molecule has 294 valence electrons. The summed E-state index contributed by atoms with van der Waals surface area (Å²) in [5.41, 5.74) is -1.64. The van der Waals surface area contributed by atoms with E-state index in [1.807, 2.05) is 13.8 Å². The number of Topliss-reactive ketones (excluding diaryl/α,β-unsaturated/α-hetero) is 1. The zero-order valence-electron chi connectivity index (χ0n) is 32.4. The molecule has 2 fully saturated rings. The molecule has 2 unspecified atom stereocenters. The number of alkyl carbamates (subject to hydrolysis) is 1. The Bertz CT molecular complexity index is 1580. The van der Waals surface area contributed by atoms with Gasteiger partial charge in [-0.3, -0.25) is 28.8 Å². The smallest absolute Gasteiger partial charge is 0.408 e. The Morgan fingerprint density at radius 2 is 1.51 bits per heavy atom. The maximum atomic E-state index is 14.4. The number of carbonyl (C=O) groups is 7. The Hall–Kier alpha value is -4.63. The van der Waals surface area contributed by atoms with Crippen molar-refractivity contribution in [2.75, 3.05) is 27.2 Å². The van der Waals surface area contributed by atoms with Crippen LogP contribution in [0.2, 0.25) is 0 Å². The third-order valence-electron chi connectivity index (χ3n) is 9.49. The number of benzene rings is 1. The van der Waals surface area contributed by atoms with Crippen LogP contribution in [0.5, 0.6) is 0 Å². The van der Waals surface area contributed by atoms with Gasteiger partial charge in [0.1, 0.15) is 29.8 Å². The fourth-order valence-corrected chi connectivity index (χ4v) is 6.69. The van der Waals surface area contributed by atoms with Crippen LogP contribution in [-0.2, 0) is 33.5 Å². The van der Waals surface area contributed by atoms with E-state index in [2.05, 4.69) is 21.3 Å². The Kier molecular flexibility index (Phi) is 12.7. The molecule has 1 aliphatic carbocycles. The lowest BCUT2D eigenvalue weighted by molar-refractivity contribution is -0.146. The number of fused-ring (bicyclic) bond motifs is 1. The Morgan fingerprint density at radius 1 is 0.925 bits per heavy atom. The standard InChI is InChI=1S/C37H54F2N6O8/c1-34(2,3)28(43-33(52)53-35(4,5)6)32(51)45-19-21-24(36(21,7)8)26(45)29(48)41-22(17-37(9,38)39)27(47)30(49)40-18-23(46)42-25(31(50)44(10)11)20-15-13-12-14-16-20/h12-16,21-22,24-26,28H,17-19H2,1-11H3,(H,40,49)(H,41,48)(H,42,46)(H,43,52)/t21-,22?,24-,25?,26-,28+/m0/s1. The molecule has 1 aromatic carbocycles. The fourth-order valence-electron chi connectivity index (χ4n) is 6.69. The molecule has 6 atom stereocenters. The van der Waals surface area contributed by atoms with Crippen LogP contribution in [0.4, 0.5) is 13.6 Å². The number of likely N-dealkylation sites (tertiary alicyclic amines) is 1. The number of amides is 6. The lowest BCUT2D eigenvalue weighted by Crippen LogP contribution is -2.61. The summed E-state index contributed by atoms with van der Waals surface area (Å²) in [5, 5.41) is 9.53. The van der Waals surface area contributed by atoms with E-state index in [0.717, 1.165) is 0 Å². The number of ketones is 1. The summed E-state index contributed by atoms with van der Waals surface area (Å²) in [6, 6.07) is 2.84. The molecule has 1 saturated heterocycles. The number of hydrogen-bond acceptors (Lipinski definition) is 8. The van der Waals surface area contributed by atoms with E-state index in [-0.39, 0.29) is 12.5 Å². The molecular weight excluding hydrogens is 694 g/mol. The van der Waals surface area contributed by atoms with Gasteiger partial charge in [-0.15, -0.1) is 0 Å². The molecule has 53 heavy (non-hydrogen) atoms. The number of ether oxygens (including phenoxy) is 1. The van der Waals surface area contributed by atoms with Crippen molar-refractivity contribution >= 4 is 41.4 Å². The number of nitrogens with one attached hydrogen (secondary N) is 4. The molecule has 1 aromatic rings. The van der Waals surface area contributed by atoms with E-state index < -0.39 is 107 Å². The number of rotatable bonds is 13. The molecule has 1 saturated carbocycles. The number of piperidine rings is 1. The van der Waals surface area contributed by atoms with Crippen molar-refractivity contribution in [2.45, 2.75) is 104 Å². The Labute approximate surface area is 309 Å². The van der Waals surface area contributed by atoms with Crippen LogP contribution in [0.25, 0.3) is 0 Å². The molecule has 14 nitrogen and oxygen atoms in total. The quantitative estimate of drug-likeness (QED) is 0.222. The minimum atomic E-state index is -3.51. The molecular formula is C37H54F2N6O8. The van der Waals surface area contributed by atoms with Crippen LogP contribution in [0.1, 0.15) is 80.3 Å². The van der Waals surface area contributed by atoms with Crippen LogP contribution in [-0.4, -0.2) is 108 Å². The Balaban J connectivity index is 1.79. The maximum absolute atomic E-state index is 14.4. The third-order valence-corrected chi connectivity index (χ3v) is 9.49. The van der Waals surface area contributed by atoms with Gasteiger partial charge < -0.3 is 35.8 Å². The summed E-state index contributed by atoms with van der Waals surface area (Å²) >= 11 is 0. The van der Waals surface area contributed by atoms with E-state index >= 15 is 0 Å². The third kappa shape index (κ3) is 10.9. The summed E-state index contributed by atoms with van der Waals surface area (Å²) in [6.07, 6.45) is -2.08. The van der Waals surface area contributed by atoms with Gasteiger partial charge in [0.15, 0.2) is 0 Å². The van der Waals surface area contributed by atoms with E-state index in [9.17, 15) is 42.3 Å². The number of halogens is 2. The maximum Gasteiger partial charge on any atom is 0.408 e. The summed E-state index contributed by atoms with van der Waals surface area (Å²) in [7, 11) is 3.00. The predicted molar refractivity (Wildman–Crippen MR) is 190 cm³/mol. The zero-order chi connectivity index (χ0) is 40.4. The van der Waals surface area contributed by atoms with E-state index in [0.29, 0.717) is 12.5 Å². The molecule has 0 spiro atoms. The second-order valence-corrected chi connectivity index (χ2v) is 16.9. The first-order valence-corrected chi connectivity index (χ1v) is 17.5. The van der Waals surface area contributed by atoms with Gasteiger partial charge in [0.05, 0.1) is 6.54 Å². The second kappa shape index (κ2) is 15.8. The highest BCUT2D eigenvalue weighted by Crippen LogP contribution is 2.65. The number of hydrogen-bond donors (Lipinski definition) is 4. The van der Waals surface area contributed by atoms with Gasteiger partial charge >= 0.3 is 6.09 Å². The van der Waals surface area contributed by atoms with Crippen molar-refractivity contribution in [3.63, 3.8) is 0 Å². The van der Waals surface area contributed by atoms with Crippen molar-refractivity contribution in [3.8, 4) is 0 Å². The van der Waals surface area contributed by atoms with Crippen molar-refractivity contribution in [1.29, 1.82) is 0 Å².